The third kappa shape index (κ3) is 6.83. The lowest BCUT2D eigenvalue weighted by Crippen LogP contribution is -2.40. The Morgan fingerprint density at radius 3 is 2.22 bits per heavy atom. The van der Waals surface area contributed by atoms with E-state index in [1.54, 1.807) is 36.4 Å². The fraction of sp³-hybridized carbons (Fsp3) is 0.400. The van der Waals surface area contributed by atoms with Crippen molar-refractivity contribution < 1.29 is 14.4 Å². The fourth-order valence-electron chi connectivity index (χ4n) is 3.55. The molecule has 1 fully saturated rings. The summed E-state index contributed by atoms with van der Waals surface area (Å²) >= 11 is 0. The number of likely N-dealkylation sites (tertiary alicyclic amines) is 1. The van der Waals surface area contributed by atoms with Crippen LogP contribution in [0.1, 0.15) is 60.7 Å². The molecule has 32 heavy (non-hydrogen) atoms. The summed E-state index contributed by atoms with van der Waals surface area (Å²) in [4.78, 5) is 39.1. The average Bonchev–Trinajstić information content (AvgIpc) is 2.77. The fourth-order valence-corrected chi connectivity index (χ4v) is 3.55. The van der Waals surface area contributed by atoms with E-state index in [0.717, 1.165) is 31.6 Å². The van der Waals surface area contributed by atoms with E-state index in [2.05, 4.69) is 16.0 Å². The van der Waals surface area contributed by atoms with Crippen LogP contribution in [0.5, 0.6) is 0 Å². The van der Waals surface area contributed by atoms with Crippen molar-refractivity contribution >= 4 is 29.1 Å². The van der Waals surface area contributed by atoms with Crippen molar-refractivity contribution in [1.29, 1.82) is 0 Å². The molecule has 2 aromatic rings. The molecule has 7 nitrogen and oxygen atoms in total. The van der Waals surface area contributed by atoms with Gasteiger partial charge < -0.3 is 20.9 Å². The van der Waals surface area contributed by atoms with Crippen molar-refractivity contribution in [1.82, 2.24) is 10.2 Å². The van der Waals surface area contributed by atoms with Crippen molar-refractivity contribution in [3.8, 4) is 0 Å². The van der Waals surface area contributed by atoms with Crippen molar-refractivity contribution in [2.45, 2.75) is 45.6 Å². The highest BCUT2D eigenvalue weighted by Gasteiger charge is 2.18. The van der Waals surface area contributed by atoms with Crippen molar-refractivity contribution in [2.75, 3.05) is 30.3 Å². The minimum Gasteiger partial charge on any atom is -0.376 e. The molecule has 0 saturated carbocycles. The van der Waals surface area contributed by atoms with Gasteiger partial charge in [-0.15, -0.1) is 0 Å². The first-order valence-corrected chi connectivity index (χ1v) is 11.1. The van der Waals surface area contributed by atoms with Gasteiger partial charge in [-0.3, -0.25) is 14.4 Å². The molecule has 0 aromatic heterocycles. The number of amides is 3. The molecule has 0 spiro atoms. The van der Waals surface area contributed by atoms with Crippen LogP contribution in [-0.2, 0) is 4.79 Å². The molecule has 1 aliphatic rings. The van der Waals surface area contributed by atoms with Gasteiger partial charge in [-0.2, -0.15) is 0 Å². The molecular weight excluding hydrogens is 404 g/mol. The van der Waals surface area contributed by atoms with Gasteiger partial charge in [0.15, 0.2) is 0 Å². The predicted molar refractivity (Wildman–Crippen MR) is 127 cm³/mol. The minimum atomic E-state index is -0.339. The Morgan fingerprint density at radius 2 is 1.56 bits per heavy atom. The van der Waals surface area contributed by atoms with Gasteiger partial charge in [0.2, 0.25) is 5.91 Å². The molecule has 0 atom stereocenters. The molecule has 1 heterocycles. The van der Waals surface area contributed by atoms with E-state index in [1.807, 2.05) is 37.8 Å². The minimum absolute atomic E-state index is 0.0596. The number of piperidine rings is 1. The summed E-state index contributed by atoms with van der Waals surface area (Å²) in [7, 11) is 0. The van der Waals surface area contributed by atoms with Crippen molar-refractivity contribution in [3.63, 3.8) is 0 Å². The number of hydrogen-bond acceptors (Lipinski definition) is 4. The number of anilines is 2. The zero-order valence-electron chi connectivity index (χ0n) is 19.0. The molecule has 0 unspecified atom stereocenters. The largest absolute Gasteiger partial charge is 0.376 e. The van der Waals surface area contributed by atoms with E-state index in [-0.39, 0.29) is 29.8 Å². The molecule has 0 aliphatic carbocycles. The molecule has 0 bridgehead atoms. The summed E-state index contributed by atoms with van der Waals surface area (Å²) in [5, 5.41) is 8.77. The van der Waals surface area contributed by atoms with Crippen molar-refractivity contribution in [2.24, 2.45) is 0 Å². The van der Waals surface area contributed by atoms with Crippen LogP contribution in [0.4, 0.5) is 11.4 Å². The molecule has 0 radical (unpaired) electrons. The number of hydrogen-bond donors (Lipinski definition) is 3. The number of rotatable bonds is 6. The van der Waals surface area contributed by atoms with Crippen molar-refractivity contribution in [3.05, 3.63) is 59.7 Å². The van der Waals surface area contributed by atoms with Gasteiger partial charge in [0.05, 0.1) is 6.54 Å². The predicted octanol–water partition coefficient (Wildman–Crippen LogP) is 3.89. The Labute approximate surface area is 189 Å². The smallest absolute Gasteiger partial charge is 0.253 e. The van der Waals surface area contributed by atoms with Gasteiger partial charge in [0.1, 0.15) is 0 Å². The highest BCUT2D eigenvalue weighted by atomic mass is 16.2. The average molecular weight is 437 g/mol. The van der Waals surface area contributed by atoms with E-state index in [1.165, 1.54) is 6.42 Å². The summed E-state index contributed by atoms with van der Waals surface area (Å²) in [5.41, 5.74) is 2.12. The Bertz CT molecular complexity index is 958. The van der Waals surface area contributed by atoms with E-state index in [0.29, 0.717) is 16.8 Å². The van der Waals surface area contributed by atoms with E-state index in [4.69, 9.17) is 0 Å². The third-order valence-electron chi connectivity index (χ3n) is 5.13. The number of carbonyl (C=O) groups excluding carboxylic acids is 3. The first-order chi connectivity index (χ1) is 15.2. The van der Waals surface area contributed by atoms with Gasteiger partial charge >= 0.3 is 0 Å². The van der Waals surface area contributed by atoms with Gasteiger partial charge in [-0.1, -0.05) is 6.07 Å². The lowest BCUT2D eigenvalue weighted by Gasteiger charge is -2.26. The zero-order valence-corrected chi connectivity index (χ0v) is 19.0. The number of carbonyl (C=O) groups is 3. The normalized spacial score (nSPS) is 13.9. The molecule has 1 aliphatic heterocycles. The lowest BCUT2D eigenvalue weighted by atomic mass is 10.1. The second kappa shape index (κ2) is 10.3. The summed E-state index contributed by atoms with van der Waals surface area (Å²) in [5.74, 6) is -0.359. The van der Waals surface area contributed by atoms with Gasteiger partial charge in [0, 0.05) is 41.1 Å². The molecule has 3 amide bonds. The topological polar surface area (TPSA) is 90.5 Å². The Kier molecular flexibility index (Phi) is 7.51. The lowest BCUT2D eigenvalue weighted by molar-refractivity contribution is -0.114. The van der Waals surface area contributed by atoms with Gasteiger partial charge in [-0.25, -0.2) is 0 Å². The Morgan fingerprint density at radius 1 is 0.875 bits per heavy atom. The maximum absolute atomic E-state index is 12.5. The van der Waals surface area contributed by atoms with Crippen LogP contribution in [-0.4, -0.2) is 47.8 Å². The zero-order chi connectivity index (χ0) is 23.1. The molecule has 2 aromatic carbocycles. The summed E-state index contributed by atoms with van der Waals surface area (Å²) in [6.45, 7) is 7.45. The molecule has 3 rings (SSSR count). The second-order valence-electron chi connectivity index (χ2n) is 9.12. The Balaban J connectivity index is 1.51. The SMILES string of the molecule is CC(C)(C)NC(=O)c1cccc(NC(=O)CNc2ccc(C(=O)N3CCCCC3)cc2)c1. The highest BCUT2D eigenvalue weighted by Crippen LogP contribution is 2.16. The van der Waals surface area contributed by atoms with Crippen LogP contribution in [0.3, 0.4) is 0 Å². The number of nitrogens with one attached hydrogen (secondary N) is 3. The van der Waals surface area contributed by atoms with Crippen LogP contribution < -0.4 is 16.0 Å². The maximum Gasteiger partial charge on any atom is 0.253 e. The van der Waals surface area contributed by atoms with E-state index < -0.39 is 0 Å². The summed E-state index contributed by atoms with van der Waals surface area (Å²) in [6.07, 6.45) is 3.30. The van der Waals surface area contributed by atoms with E-state index in [9.17, 15) is 14.4 Å². The van der Waals surface area contributed by atoms with Crippen LogP contribution in [0.15, 0.2) is 48.5 Å². The Hall–Kier alpha value is -3.35. The van der Waals surface area contributed by atoms with Crippen LogP contribution >= 0.6 is 0 Å². The molecule has 3 N–H and O–H groups in total. The van der Waals surface area contributed by atoms with Gasteiger partial charge in [0.25, 0.3) is 11.8 Å². The third-order valence-corrected chi connectivity index (χ3v) is 5.13. The van der Waals surface area contributed by atoms with E-state index >= 15 is 0 Å². The first-order valence-electron chi connectivity index (χ1n) is 11.1. The standard InChI is InChI=1S/C25H32N4O3/c1-25(2,3)28-23(31)19-8-7-9-21(16-19)27-22(30)17-26-20-12-10-18(11-13-20)24(32)29-14-5-4-6-15-29/h7-13,16,26H,4-6,14-15,17H2,1-3H3,(H,27,30)(H,28,31). The quantitative estimate of drug-likeness (QED) is 0.641. The van der Waals surface area contributed by atoms with Crippen LogP contribution in [0, 0.1) is 0 Å². The second-order valence-corrected chi connectivity index (χ2v) is 9.12. The molecule has 1 saturated heterocycles. The van der Waals surface area contributed by atoms with Crippen LogP contribution in [0.2, 0.25) is 0 Å². The number of nitrogens with zero attached hydrogens (tertiary/aromatic N) is 1. The highest BCUT2D eigenvalue weighted by molar-refractivity contribution is 5.98. The molecule has 7 heteroatoms. The van der Waals surface area contributed by atoms with Gasteiger partial charge in [-0.05, 0) is 82.5 Å². The first kappa shape index (κ1) is 23.3. The summed E-state index contributed by atoms with van der Waals surface area (Å²) < 4.78 is 0. The summed E-state index contributed by atoms with van der Waals surface area (Å²) in [6, 6.07) is 14.0. The van der Waals surface area contributed by atoms with Crippen LogP contribution in [0.25, 0.3) is 0 Å². The maximum atomic E-state index is 12.5. The molecular formula is C25H32N4O3. The monoisotopic (exact) mass is 436 g/mol. The molecule has 170 valence electrons. The number of benzene rings is 2.